The third-order valence-corrected chi connectivity index (χ3v) is 5.71. The number of anilines is 1. The van der Waals surface area contributed by atoms with E-state index in [-0.39, 0.29) is 23.5 Å². The van der Waals surface area contributed by atoms with Crippen LogP contribution in [-0.4, -0.2) is 40.7 Å². The third kappa shape index (κ3) is 6.57. The molecule has 1 N–H and O–H groups in total. The van der Waals surface area contributed by atoms with Crippen molar-refractivity contribution in [2.24, 2.45) is 0 Å². The number of nitrogens with one attached hydrogen (secondary N) is 1. The highest BCUT2D eigenvalue weighted by atomic mass is 79.9. The van der Waals surface area contributed by atoms with Crippen molar-refractivity contribution in [1.82, 2.24) is 9.97 Å². The summed E-state index contributed by atoms with van der Waals surface area (Å²) in [7, 11) is -3.03. The molecule has 1 aromatic heterocycles. The number of nitrogens with zero attached hydrogens (tertiary/aromatic N) is 2. The Hall–Kier alpha value is -1.86. The quantitative estimate of drug-likeness (QED) is 0.463. The van der Waals surface area contributed by atoms with Crippen LogP contribution in [0.4, 0.5) is 14.6 Å². The molecule has 0 radical (unpaired) electrons. The number of rotatable bonds is 6. The van der Waals surface area contributed by atoms with Gasteiger partial charge in [0.15, 0.2) is 5.78 Å². The van der Waals surface area contributed by atoms with E-state index >= 15 is 0 Å². The van der Waals surface area contributed by atoms with Crippen LogP contribution < -0.4 is 5.32 Å². The molecule has 6 nitrogen and oxygen atoms in total. The monoisotopic (exact) mass is 489 g/mol. The fourth-order valence-electron chi connectivity index (χ4n) is 2.47. The zero-order valence-corrected chi connectivity index (χ0v) is 19.3. The highest BCUT2D eigenvalue weighted by molar-refractivity contribution is 9.10. The number of aromatic nitrogens is 2. The van der Waals surface area contributed by atoms with E-state index in [1.165, 1.54) is 25.6 Å². The fourth-order valence-corrected chi connectivity index (χ4v) is 3.78. The van der Waals surface area contributed by atoms with Crippen molar-refractivity contribution >= 4 is 34.9 Å². The SMILES string of the molecule is CC(C)(C)OC(=O)C(Nc1ncc(Br)nc1Cc1c(F)cccc1F)P(C)(C)=O. The van der Waals surface area contributed by atoms with Crippen molar-refractivity contribution in [1.29, 1.82) is 0 Å². The average Bonchev–Trinajstić information content (AvgIpc) is 2.54. The van der Waals surface area contributed by atoms with Gasteiger partial charge in [-0.05, 0) is 62.2 Å². The Balaban J connectivity index is 2.43. The summed E-state index contributed by atoms with van der Waals surface area (Å²) >= 11 is 3.19. The van der Waals surface area contributed by atoms with Crippen LogP contribution in [0.15, 0.2) is 29.0 Å². The number of halogens is 3. The summed E-state index contributed by atoms with van der Waals surface area (Å²) in [5, 5.41) is 2.82. The van der Waals surface area contributed by atoms with Crippen LogP contribution >= 0.6 is 23.1 Å². The molecule has 0 aliphatic heterocycles. The minimum atomic E-state index is -3.03. The summed E-state index contributed by atoms with van der Waals surface area (Å²) < 4.78 is 46.7. The zero-order valence-electron chi connectivity index (χ0n) is 16.8. The van der Waals surface area contributed by atoms with E-state index in [4.69, 9.17) is 4.74 Å². The molecule has 0 spiro atoms. The fraction of sp³-hybridized carbons (Fsp3) is 0.421. The lowest BCUT2D eigenvalue weighted by atomic mass is 10.1. The first-order chi connectivity index (χ1) is 13.3. The number of esters is 1. The summed E-state index contributed by atoms with van der Waals surface area (Å²) in [6.45, 7) is 7.98. The third-order valence-electron chi connectivity index (χ3n) is 3.75. The van der Waals surface area contributed by atoms with Crippen molar-refractivity contribution in [3.8, 4) is 0 Å². The molecule has 0 aliphatic rings. The van der Waals surface area contributed by atoms with E-state index in [1.54, 1.807) is 20.8 Å². The van der Waals surface area contributed by atoms with Crippen molar-refractivity contribution in [2.45, 2.75) is 38.6 Å². The first kappa shape index (κ1) is 23.4. The second-order valence-corrected chi connectivity index (χ2v) is 12.1. The maximum Gasteiger partial charge on any atom is 0.336 e. The summed E-state index contributed by atoms with van der Waals surface area (Å²) in [4.78, 5) is 21.0. The lowest BCUT2D eigenvalue weighted by molar-refractivity contribution is -0.153. The van der Waals surface area contributed by atoms with E-state index in [1.807, 2.05) is 0 Å². The van der Waals surface area contributed by atoms with E-state index in [0.717, 1.165) is 12.1 Å². The first-order valence-corrected chi connectivity index (χ1v) is 12.2. The molecule has 0 fully saturated rings. The molecule has 0 amide bonds. The molecular formula is C19H23BrF2N3O3P. The number of carbonyl (C=O) groups is 1. The molecule has 29 heavy (non-hydrogen) atoms. The van der Waals surface area contributed by atoms with Gasteiger partial charge in [-0.15, -0.1) is 0 Å². The maximum absolute atomic E-state index is 14.1. The highest BCUT2D eigenvalue weighted by Crippen LogP contribution is 2.44. The minimum Gasteiger partial charge on any atom is -0.458 e. The lowest BCUT2D eigenvalue weighted by Crippen LogP contribution is -2.36. The van der Waals surface area contributed by atoms with Gasteiger partial charge >= 0.3 is 5.97 Å². The van der Waals surface area contributed by atoms with Crippen molar-refractivity contribution in [2.75, 3.05) is 18.6 Å². The number of benzene rings is 1. The van der Waals surface area contributed by atoms with Gasteiger partial charge in [0.05, 0.1) is 11.9 Å². The Bertz CT molecular complexity index is 940. The maximum atomic E-state index is 14.1. The smallest absolute Gasteiger partial charge is 0.336 e. The van der Waals surface area contributed by atoms with Gasteiger partial charge < -0.3 is 14.6 Å². The molecule has 0 saturated heterocycles. The Labute approximate surface area is 177 Å². The highest BCUT2D eigenvalue weighted by Gasteiger charge is 2.35. The van der Waals surface area contributed by atoms with E-state index < -0.39 is 36.1 Å². The molecule has 10 heteroatoms. The van der Waals surface area contributed by atoms with E-state index in [9.17, 15) is 18.1 Å². The number of carbonyl (C=O) groups excluding carboxylic acids is 1. The second-order valence-electron chi connectivity index (χ2n) is 7.88. The van der Waals surface area contributed by atoms with Gasteiger partial charge in [0.2, 0.25) is 0 Å². The summed E-state index contributed by atoms with van der Waals surface area (Å²) in [6.07, 6.45) is 1.15. The van der Waals surface area contributed by atoms with Crippen LogP contribution in [0.3, 0.4) is 0 Å². The predicted octanol–water partition coefficient (Wildman–Crippen LogP) is 4.81. The van der Waals surface area contributed by atoms with Gasteiger partial charge in [-0.25, -0.2) is 23.5 Å². The first-order valence-electron chi connectivity index (χ1n) is 8.76. The molecule has 158 valence electrons. The van der Waals surface area contributed by atoms with Crippen LogP contribution in [0, 0.1) is 11.6 Å². The molecule has 0 aliphatic carbocycles. The molecule has 0 bridgehead atoms. The molecule has 1 atom stereocenters. The lowest BCUT2D eigenvalue weighted by Gasteiger charge is -2.27. The van der Waals surface area contributed by atoms with Gasteiger partial charge in [-0.2, -0.15) is 0 Å². The van der Waals surface area contributed by atoms with Crippen molar-refractivity contribution in [3.63, 3.8) is 0 Å². The Morgan fingerprint density at radius 1 is 1.28 bits per heavy atom. The number of hydrogen-bond donors (Lipinski definition) is 1. The standard InChI is InChI=1S/C19H23BrF2N3O3P/c1-19(2,3)28-18(26)17(29(4,5)27)25-16-14(24-15(20)10-23-16)9-11-12(21)7-6-8-13(11)22/h6-8,10,17H,9H2,1-5H3,(H,23,25). The average molecular weight is 490 g/mol. The molecule has 1 unspecified atom stereocenters. The minimum absolute atomic E-state index is 0.0932. The summed E-state index contributed by atoms with van der Waals surface area (Å²) in [6, 6.07) is 3.56. The molecule has 1 heterocycles. The number of ether oxygens (including phenoxy) is 1. The van der Waals surface area contributed by atoms with E-state index in [0.29, 0.717) is 4.60 Å². The molecule has 2 aromatic rings. The van der Waals surface area contributed by atoms with E-state index in [2.05, 4.69) is 31.2 Å². The van der Waals surface area contributed by atoms with Crippen LogP contribution in [0.1, 0.15) is 32.0 Å². The van der Waals surface area contributed by atoms with Crippen LogP contribution in [-0.2, 0) is 20.5 Å². The van der Waals surface area contributed by atoms with Gasteiger partial charge in [-0.3, -0.25) is 0 Å². The molecule has 0 saturated carbocycles. The van der Waals surface area contributed by atoms with Crippen LogP contribution in [0.5, 0.6) is 0 Å². The normalized spacial score (nSPS) is 13.1. The Morgan fingerprint density at radius 2 is 1.86 bits per heavy atom. The molecule has 2 rings (SSSR count). The van der Waals surface area contributed by atoms with Gasteiger partial charge in [-0.1, -0.05) is 6.07 Å². The Kier molecular flexibility index (Phi) is 7.17. The predicted molar refractivity (Wildman–Crippen MR) is 112 cm³/mol. The topological polar surface area (TPSA) is 81.2 Å². The van der Waals surface area contributed by atoms with Gasteiger partial charge in [0.1, 0.15) is 34.8 Å². The second kappa shape index (κ2) is 8.88. The van der Waals surface area contributed by atoms with Crippen molar-refractivity contribution < 1.29 is 22.9 Å². The van der Waals surface area contributed by atoms with Crippen LogP contribution in [0.2, 0.25) is 0 Å². The van der Waals surface area contributed by atoms with Crippen molar-refractivity contribution in [3.05, 3.63) is 51.9 Å². The Morgan fingerprint density at radius 3 is 2.38 bits per heavy atom. The molecular weight excluding hydrogens is 467 g/mol. The van der Waals surface area contributed by atoms with Gasteiger partial charge in [0.25, 0.3) is 0 Å². The van der Waals surface area contributed by atoms with Crippen LogP contribution in [0.25, 0.3) is 0 Å². The summed E-state index contributed by atoms with van der Waals surface area (Å²) in [5.74, 6) is -3.26. The number of hydrogen-bond acceptors (Lipinski definition) is 6. The molecule has 1 aromatic carbocycles. The largest absolute Gasteiger partial charge is 0.458 e. The van der Waals surface area contributed by atoms with Gasteiger partial charge in [0, 0.05) is 12.0 Å². The summed E-state index contributed by atoms with van der Waals surface area (Å²) in [5.41, 5.74) is -0.783. The zero-order chi connectivity index (χ0) is 22.0.